The lowest BCUT2D eigenvalue weighted by atomic mass is 10.2. The van der Waals surface area contributed by atoms with E-state index in [1.165, 1.54) is 4.70 Å². The summed E-state index contributed by atoms with van der Waals surface area (Å²) in [5.74, 6) is 1.09. The van der Waals surface area contributed by atoms with E-state index in [1.807, 2.05) is 25.1 Å². The number of thiazole rings is 1. The van der Waals surface area contributed by atoms with E-state index in [0.29, 0.717) is 30.2 Å². The lowest BCUT2D eigenvalue weighted by molar-refractivity contribution is 0.0952. The molecule has 0 radical (unpaired) electrons. The Labute approximate surface area is 157 Å². The van der Waals surface area contributed by atoms with Crippen LogP contribution in [0.15, 0.2) is 42.5 Å². The van der Waals surface area contributed by atoms with Crippen LogP contribution < -0.4 is 14.8 Å². The highest BCUT2D eigenvalue weighted by Crippen LogP contribution is 2.28. The number of hydrogen-bond acceptors (Lipinski definition) is 5. The number of rotatable bonds is 8. The SMILES string of the molecule is CCOc1cc(C(=O)NCCCc2nc3ccccc3s2)ccc1OC. The van der Waals surface area contributed by atoms with Crippen molar-refractivity contribution in [2.75, 3.05) is 20.3 Å². The van der Waals surface area contributed by atoms with E-state index in [0.717, 1.165) is 23.4 Å². The fourth-order valence-electron chi connectivity index (χ4n) is 2.66. The molecular formula is C20H22N2O3S. The largest absolute Gasteiger partial charge is 0.493 e. The van der Waals surface area contributed by atoms with Crippen molar-refractivity contribution in [2.24, 2.45) is 0 Å². The number of nitrogens with one attached hydrogen (secondary N) is 1. The monoisotopic (exact) mass is 370 g/mol. The van der Waals surface area contributed by atoms with Crippen molar-refractivity contribution >= 4 is 27.5 Å². The van der Waals surface area contributed by atoms with Gasteiger partial charge in [0.05, 0.1) is 28.9 Å². The summed E-state index contributed by atoms with van der Waals surface area (Å²) in [6.45, 7) is 3.02. The first kappa shape index (κ1) is 18.2. The lowest BCUT2D eigenvalue weighted by Crippen LogP contribution is -2.24. The van der Waals surface area contributed by atoms with Crippen molar-refractivity contribution in [1.82, 2.24) is 10.3 Å². The van der Waals surface area contributed by atoms with E-state index in [9.17, 15) is 4.79 Å². The molecule has 136 valence electrons. The summed E-state index contributed by atoms with van der Waals surface area (Å²) in [5, 5.41) is 4.05. The fourth-order valence-corrected chi connectivity index (χ4v) is 3.67. The Morgan fingerprint density at radius 3 is 2.81 bits per heavy atom. The third kappa shape index (κ3) is 4.32. The van der Waals surface area contributed by atoms with Crippen LogP contribution in [0, 0.1) is 0 Å². The zero-order chi connectivity index (χ0) is 18.4. The number of nitrogens with zero attached hydrogens (tertiary/aromatic N) is 1. The van der Waals surface area contributed by atoms with Crippen LogP contribution in [-0.2, 0) is 6.42 Å². The number of hydrogen-bond donors (Lipinski definition) is 1. The second kappa shape index (κ2) is 8.67. The van der Waals surface area contributed by atoms with E-state index in [-0.39, 0.29) is 5.91 Å². The Kier molecular flexibility index (Phi) is 6.07. The fraction of sp³-hybridized carbons (Fsp3) is 0.300. The van der Waals surface area contributed by atoms with Gasteiger partial charge < -0.3 is 14.8 Å². The van der Waals surface area contributed by atoms with Crippen LogP contribution in [-0.4, -0.2) is 31.2 Å². The number of methoxy groups -OCH3 is 1. The molecule has 0 atom stereocenters. The van der Waals surface area contributed by atoms with Crippen LogP contribution in [0.3, 0.4) is 0 Å². The number of carbonyl (C=O) groups excluding carboxylic acids is 1. The molecule has 0 aliphatic rings. The third-order valence-corrected chi connectivity index (χ3v) is 5.01. The molecule has 1 amide bonds. The van der Waals surface area contributed by atoms with Crippen molar-refractivity contribution in [3.8, 4) is 11.5 Å². The molecule has 2 aromatic carbocycles. The Bertz CT molecular complexity index is 859. The normalized spacial score (nSPS) is 10.7. The van der Waals surface area contributed by atoms with Crippen LogP contribution >= 0.6 is 11.3 Å². The zero-order valence-corrected chi connectivity index (χ0v) is 15.8. The van der Waals surface area contributed by atoms with E-state index in [1.54, 1.807) is 36.6 Å². The standard InChI is InChI=1S/C20H22N2O3S/c1-3-25-17-13-14(10-11-16(17)24-2)20(23)21-12-6-9-19-22-15-7-4-5-8-18(15)26-19/h4-5,7-8,10-11,13H,3,6,9,12H2,1-2H3,(H,21,23). The van der Waals surface area contributed by atoms with Crippen LogP contribution in [0.25, 0.3) is 10.2 Å². The van der Waals surface area contributed by atoms with Gasteiger partial charge in [-0.25, -0.2) is 4.98 Å². The van der Waals surface area contributed by atoms with E-state index in [2.05, 4.69) is 16.4 Å². The smallest absolute Gasteiger partial charge is 0.251 e. The summed E-state index contributed by atoms with van der Waals surface area (Å²) >= 11 is 1.71. The predicted molar refractivity (Wildman–Crippen MR) is 104 cm³/mol. The topological polar surface area (TPSA) is 60.5 Å². The number of fused-ring (bicyclic) bond motifs is 1. The maximum atomic E-state index is 12.3. The maximum Gasteiger partial charge on any atom is 0.251 e. The van der Waals surface area contributed by atoms with Crippen molar-refractivity contribution in [3.63, 3.8) is 0 Å². The molecular weight excluding hydrogens is 348 g/mol. The Morgan fingerprint density at radius 2 is 2.04 bits per heavy atom. The van der Waals surface area contributed by atoms with Crippen LogP contribution in [0.5, 0.6) is 11.5 Å². The first-order valence-electron chi connectivity index (χ1n) is 8.64. The zero-order valence-electron chi connectivity index (χ0n) is 15.0. The van der Waals surface area contributed by atoms with Gasteiger partial charge in [0.2, 0.25) is 0 Å². The van der Waals surface area contributed by atoms with Gasteiger partial charge in [-0.15, -0.1) is 11.3 Å². The van der Waals surface area contributed by atoms with Gasteiger partial charge in [-0.1, -0.05) is 12.1 Å². The minimum atomic E-state index is -0.113. The number of carbonyl (C=O) groups is 1. The van der Waals surface area contributed by atoms with E-state index < -0.39 is 0 Å². The molecule has 1 N–H and O–H groups in total. The van der Waals surface area contributed by atoms with Crippen molar-refractivity contribution < 1.29 is 14.3 Å². The van der Waals surface area contributed by atoms with Gasteiger partial charge in [0.15, 0.2) is 11.5 Å². The van der Waals surface area contributed by atoms with Crippen LogP contribution in [0.1, 0.15) is 28.7 Å². The van der Waals surface area contributed by atoms with Gasteiger partial charge in [-0.3, -0.25) is 4.79 Å². The molecule has 0 fully saturated rings. The van der Waals surface area contributed by atoms with Gasteiger partial charge in [0.1, 0.15) is 0 Å². The van der Waals surface area contributed by atoms with E-state index in [4.69, 9.17) is 9.47 Å². The molecule has 0 bridgehead atoms. The van der Waals surface area contributed by atoms with Crippen molar-refractivity contribution in [2.45, 2.75) is 19.8 Å². The lowest BCUT2D eigenvalue weighted by Gasteiger charge is -2.11. The predicted octanol–water partition coefficient (Wildman–Crippen LogP) is 4.07. The number of para-hydroxylation sites is 1. The number of ether oxygens (including phenoxy) is 2. The molecule has 0 aliphatic carbocycles. The van der Waals surface area contributed by atoms with Gasteiger partial charge >= 0.3 is 0 Å². The van der Waals surface area contributed by atoms with Crippen molar-refractivity contribution in [1.29, 1.82) is 0 Å². The average Bonchev–Trinajstić information content (AvgIpc) is 3.08. The highest BCUT2D eigenvalue weighted by molar-refractivity contribution is 7.18. The molecule has 3 aromatic rings. The third-order valence-electron chi connectivity index (χ3n) is 3.92. The second-order valence-electron chi connectivity index (χ2n) is 5.73. The van der Waals surface area contributed by atoms with Gasteiger partial charge in [0, 0.05) is 18.5 Å². The summed E-state index contributed by atoms with van der Waals surface area (Å²) < 4.78 is 12.0. The van der Waals surface area contributed by atoms with Gasteiger partial charge in [0.25, 0.3) is 5.91 Å². The average molecular weight is 370 g/mol. The maximum absolute atomic E-state index is 12.3. The Balaban J connectivity index is 1.53. The Hall–Kier alpha value is -2.60. The molecule has 0 saturated heterocycles. The summed E-state index contributed by atoms with van der Waals surface area (Å²) in [7, 11) is 1.58. The Morgan fingerprint density at radius 1 is 1.19 bits per heavy atom. The van der Waals surface area contributed by atoms with Crippen LogP contribution in [0.4, 0.5) is 0 Å². The molecule has 1 heterocycles. The number of aryl methyl sites for hydroxylation is 1. The quantitative estimate of drug-likeness (QED) is 0.607. The highest BCUT2D eigenvalue weighted by atomic mass is 32.1. The first-order valence-corrected chi connectivity index (χ1v) is 9.46. The van der Waals surface area contributed by atoms with E-state index >= 15 is 0 Å². The van der Waals surface area contributed by atoms with Crippen molar-refractivity contribution in [3.05, 3.63) is 53.0 Å². The number of benzene rings is 2. The molecule has 0 saturated carbocycles. The van der Waals surface area contributed by atoms with Gasteiger partial charge in [-0.2, -0.15) is 0 Å². The molecule has 1 aromatic heterocycles. The second-order valence-corrected chi connectivity index (χ2v) is 6.85. The number of aromatic nitrogens is 1. The molecule has 0 aliphatic heterocycles. The summed E-state index contributed by atoms with van der Waals surface area (Å²) in [6.07, 6.45) is 1.70. The molecule has 5 nitrogen and oxygen atoms in total. The minimum absolute atomic E-state index is 0.113. The molecule has 6 heteroatoms. The molecule has 0 unspecified atom stereocenters. The van der Waals surface area contributed by atoms with Crippen LogP contribution in [0.2, 0.25) is 0 Å². The minimum Gasteiger partial charge on any atom is -0.493 e. The molecule has 3 rings (SSSR count). The summed E-state index contributed by atoms with van der Waals surface area (Å²) in [4.78, 5) is 16.9. The summed E-state index contributed by atoms with van der Waals surface area (Å²) in [6, 6.07) is 13.3. The van der Waals surface area contributed by atoms with Gasteiger partial charge in [-0.05, 0) is 43.7 Å². The molecule has 0 spiro atoms. The number of amides is 1. The highest BCUT2D eigenvalue weighted by Gasteiger charge is 2.11. The summed E-state index contributed by atoms with van der Waals surface area (Å²) in [5.41, 5.74) is 1.60. The molecule has 26 heavy (non-hydrogen) atoms. The first-order chi connectivity index (χ1) is 12.7.